The van der Waals surface area contributed by atoms with Crippen LogP contribution in [0.4, 0.5) is 11.7 Å². The van der Waals surface area contributed by atoms with Crippen molar-refractivity contribution in [2.45, 2.75) is 18.8 Å². The molecular weight excluding hydrogens is 242 g/mol. The molecule has 2 aromatic rings. The van der Waals surface area contributed by atoms with Crippen molar-refractivity contribution in [1.29, 1.82) is 0 Å². The summed E-state index contributed by atoms with van der Waals surface area (Å²) in [5.41, 5.74) is 10.1. The van der Waals surface area contributed by atoms with Crippen molar-refractivity contribution in [1.82, 2.24) is 0 Å². The van der Waals surface area contributed by atoms with Gasteiger partial charge in [-0.05, 0) is 30.4 Å². The SMILES string of the molecule is COCCNc1oc2cc(N)c(C3CC3)cc2[n+]1C. The van der Waals surface area contributed by atoms with Crippen LogP contribution in [0, 0.1) is 0 Å². The standard InChI is InChI=1S/C14H19N3O2/c1-17-12-7-10(9-3-4-9)11(15)8-13(12)19-14(17)16-5-6-18-2/h7-9H,3-6,15H2,1-2H3/p+1. The van der Waals surface area contributed by atoms with Gasteiger partial charge in [-0.2, -0.15) is 4.57 Å². The number of hydrogen-bond acceptors (Lipinski definition) is 4. The predicted molar refractivity (Wildman–Crippen MR) is 74.1 cm³/mol. The Morgan fingerprint density at radius 1 is 1.47 bits per heavy atom. The first kappa shape index (κ1) is 12.3. The monoisotopic (exact) mass is 262 g/mol. The van der Waals surface area contributed by atoms with Gasteiger partial charge in [0.1, 0.15) is 6.54 Å². The van der Waals surface area contributed by atoms with E-state index in [1.54, 1.807) is 7.11 Å². The van der Waals surface area contributed by atoms with E-state index in [2.05, 4.69) is 11.4 Å². The number of benzene rings is 1. The Labute approximate surface area is 112 Å². The number of oxazole rings is 1. The maximum atomic E-state index is 6.10. The van der Waals surface area contributed by atoms with Gasteiger partial charge in [-0.25, -0.2) is 5.32 Å². The third-order valence-electron chi connectivity index (χ3n) is 3.64. The van der Waals surface area contributed by atoms with Crippen LogP contribution in [-0.2, 0) is 11.8 Å². The number of anilines is 2. The fourth-order valence-electron chi connectivity index (χ4n) is 2.39. The molecule has 0 spiro atoms. The van der Waals surface area contributed by atoms with Crippen LogP contribution < -0.4 is 15.6 Å². The van der Waals surface area contributed by atoms with Gasteiger partial charge < -0.3 is 14.9 Å². The maximum absolute atomic E-state index is 6.10. The van der Waals surface area contributed by atoms with Crippen LogP contribution >= 0.6 is 0 Å². The molecule has 0 amide bonds. The molecule has 1 saturated carbocycles. The van der Waals surface area contributed by atoms with Crippen LogP contribution in [0.5, 0.6) is 0 Å². The fourth-order valence-corrected chi connectivity index (χ4v) is 2.39. The minimum Gasteiger partial charge on any atom is -0.398 e. The molecule has 1 aromatic carbocycles. The van der Waals surface area contributed by atoms with Gasteiger partial charge in [0.15, 0.2) is 11.1 Å². The number of fused-ring (bicyclic) bond motifs is 1. The molecule has 0 unspecified atom stereocenters. The lowest BCUT2D eigenvalue weighted by molar-refractivity contribution is -0.634. The van der Waals surface area contributed by atoms with E-state index in [4.69, 9.17) is 14.9 Å². The molecule has 0 aliphatic heterocycles. The Bertz CT molecular complexity index is 602. The summed E-state index contributed by atoms with van der Waals surface area (Å²) in [6, 6.07) is 4.83. The first-order valence-corrected chi connectivity index (χ1v) is 6.65. The van der Waals surface area contributed by atoms with Crippen molar-refractivity contribution in [3.05, 3.63) is 17.7 Å². The van der Waals surface area contributed by atoms with E-state index in [0.29, 0.717) is 12.5 Å². The molecule has 1 aromatic heterocycles. The van der Waals surface area contributed by atoms with Crippen molar-refractivity contribution >= 4 is 22.8 Å². The fraction of sp³-hybridized carbons (Fsp3) is 0.500. The second-order valence-corrected chi connectivity index (χ2v) is 5.11. The highest BCUT2D eigenvalue weighted by molar-refractivity contribution is 5.77. The van der Waals surface area contributed by atoms with E-state index in [0.717, 1.165) is 29.3 Å². The lowest BCUT2D eigenvalue weighted by atomic mass is 10.1. The Morgan fingerprint density at radius 3 is 2.95 bits per heavy atom. The summed E-state index contributed by atoms with van der Waals surface area (Å²) in [5.74, 6) is 0.643. The number of aryl methyl sites for hydroxylation is 1. The highest BCUT2D eigenvalue weighted by Gasteiger charge is 2.28. The smallest absolute Gasteiger partial charge is 0.398 e. The van der Waals surface area contributed by atoms with E-state index in [-0.39, 0.29) is 0 Å². The van der Waals surface area contributed by atoms with Crippen molar-refractivity contribution in [2.75, 3.05) is 31.3 Å². The van der Waals surface area contributed by atoms with Gasteiger partial charge in [0.05, 0.1) is 13.7 Å². The zero-order chi connectivity index (χ0) is 13.4. The van der Waals surface area contributed by atoms with Gasteiger partial charge >= 0.3 is 6.01 Å². The third-order valence-corrected chi connectivity index (χ3v) is 3.64. The zero-order valence-corrected chi connectivity index (χ0v) is 11.4. The number of nitrogens with one attached hydrogen (secondary N) is 1. The normalized spacial score (nSPS) is 15.1. The second-order valence-electron chi connectivity index (χ2n) is 5.11. The number of aromatic nitrogens is 1. The van der Waals surface area contributed by atoms with Crippen LogP contribution in [-0.4, -0.2) is 20.3 Å². The van der Waals surface area contributed by atoms with Crippen LogP contribution in [0.25, 0.3) is 11.1 Å². The Balaban J connectivity index is 1.95. The molecule has 3 N–H and O–H groups in total. The molecule has 19 heavy (non-hydrogen) atoms. The molecule has 3 rings (SSSR count). The molecule has 0 saturated heterocycles. The van der Waals surface area contributed by atoms with Crippen LogP contribution in [0.2, 0.25) is 0 Å². The van der Waals surface area contributed by atoms with Crippen LogP contribution in [0.1, 0.15) is 24.3 Å². The number of methoxy groups -OCH3 is 1. The highest BCUT2D eigenvalue weighted by atomic mass is 16.5. The lowest BCUT2D eigenvalue weighted by Crippen LogP contribution is -2.31. The van der Waals surface area contributed by atoms with Gasteiger partial charge in [-0.3, -0.25) is 0 Å². The summed E-state index contributed by atoms with van der Waals surface area (Å²) in [7, 11) is 3.68. The molecule has 1 aliphatic carbocycles. The molecule has 0 radical (unpaired) electrons. The van der Waals surface area contributed by atoms with E-state index < -0.39 is 0 Å². The van der Waals surface area contributed by atoms with Gasteiger partial charge in [-0.15, -0.1) is 0 Å². The molecule has 102 valence electrons. The summed E-state index contributed by atoms with van der Waals surface area (Å²) >= 11 is 0. The van der Waals surface area contributed by atoms with E-state index >= 15 is 0 Å². The molecular formula is C14H20N3O2+. The van der Waals surface area contributed by atoms with Gasteiger partial charge in [0, 0.05) is 18.9 Å². The minimum absolute atomic E-state index is 0.643. The molecule has 1 fully saturated rings. The number of ether oxygens (including phenoxy) is 1. The predicted octanol–water partition coefficient (Wildman–Crippen LogP) is 1.78. The van der Waals surface area contributed by atoms with Crippen molar-refractivity contribution in [3.8, 4) is 0 Å². The summed E-state index contributed by atoms with van der Waals surface area (Å²) in [4.78, 5) is 0. The lowest BCUT2D eigenvalue weighted by Gasteiger charge is -2.02. The number of rotatable bonds is 5. The van der Waals surface area contributed by atoms with Crippen molar-refractivity contribution in [3.63, 3.8) is 0 Å². The van der Waals surface area contributed by atoms with Gasteiger partial charge in [0.25, 0.3) is 0 Å². The largest absolute Gasteiger partial charge is 0.455 e. The number of hydrogen-bond donors (Lipinski definition) is 2. The maximum Gasteiger partial charge on any atom is 0.455 e. The molecule has 5 heteroatoms. The third kappa shape index (κ3) is 2.26. The number of nitrogens with zero attached hydrogens (tertiary/aromatic N) is 1. The average molecular weight is 262 g/mol. The van der Waals surface area contributed by atoms with E-state index in [1.165, 1.54) is 18.4 Å². The molecule has 0 bridgehead atoms. The Kier molecular flexibility index (Phi) is 3.06. The number of nitrogens with two attached hydrogens (primary N) is 1. The van der Waals surface area contributed by atoms with E-state index in [9.17, 15) is 0 Å². The molecule has 1 aliphatic rings. The van der Waals surface area contributed by atoms with E-state index in [1.807, 2.05) is 17.7 Å². The quantitative estimate of drug-likeness (QED) is 0.490. The van der Waals surface area contributed by atoms with Crippen LogP contribution in [0.3, 0.4) is 0 Å². The summed E-state index contributed by atoms with van der Waals surface area (Å²) in [6.07, 6.45) is 2.49. The minimum atomic E-state index is 0.643. The summed E-state index contributed by atoms with van der Waals surface area (Å²) in [6.45, 7) is 1.36. The van der Waals surface area contributed by atoms with Crippen molar-refractivity contribution in [2.24, 2.45) is 7.05 Å². The Hall–Kier alpha value is -1.75. The van der Waals surface area contributed by atoms with Gasteiger partial charge in [-0.1, -0.05) is 0 Å². The second kappa shape index (κ2) is 4.74. The van der Waals surface area contributed by atoms with Gasteiger partial charge in [0.2, 0.25) is 0 Å². The first-order chi connectivity index (χ1) is 9.20. The first-order valence-electron chi connectivity index (χ1n) is 6.65. The highest BCUT2D eigenvalue weighted by Crippen LogP contribution is 2.43. The Morgan fingerprint density at radius 2 is 2.26 bits per heavy atom. The van der Waals surface area contributed by atoms with Crippen LogP contribution in [0.15, 0.2) is 16.5 Å². The molecule has 1 heterocycles. The molecule has 0 atom stereocenters. The zero-order valence-electron chi connectivity index (χ0n) is 11.4. The van der Waals surface area contributed by atoms with Crippen molar-refractivity contribution < 1.29 is 13.7 Å². The average Bonchev–Trinajstić information content (AvgIpc) is 3.17. The topological polar surface area (TPSA) is 64.3 Å². The molecule has 5 nitrogen and oxygen atoms in total. The number of nitrogen functional groups attached to an aromatic ring is 1. The summed E-state index contributed by atoms with van der Waals surface area (Å²) < 4.78 is 12.8. The summed E-state index contributed by atoms with van der Waals surface area (Å²) in [5, 5.41) is 3.22.